The third kappa shape index (κ3) is 14.0. The second kappa shape index (κ2) is 28.3. The molecule has 2 amide bonds. The summed E-state index contributed by atoms with van der Waals surface area (Å²) in [4.78, 5) is 36.3. The molecule has 2 aliphatic carbocycles. The maximum Gasteiger partial charge on any atom is 0.417 e. The number of methoxy groups -OCH3 is 2. The molecule has 398 valence electrons. The lowest BCUT2D eigenvalue weighted by atomic mass is 9.55. The van der Waals surface area contributed by atoms with Crippen LogP contribution < -0.4 is 24.3 Å². The van der Waals surface area contributed by atoms with Crippen molar-refractivity contribution in [3.05, 3.63) is 138 Å². The van der Waals surface area contributed by atoms with E-state index in [0.717, 1.165) is 35.1 Å². The molecule has 0 saturated heterocycles. The van der Waals surface area contributed by atoms with E-state index in [1.807, 2.05) is 66.7 Å². The van der Waals surface area contributed by atoms with E-state index in [1.54, 1.807) is 41.3 Å². The van der Waals surface area contributed by atoms with Gasteiger partial charge in [0.2, 0.25) is 5.79 Å². The number of nitrogens with zero attached hydrogens (tertiary/aromatic N) is 2. The fourth-order valence-electron chi connectivity index (χ4n) is 10.4. The first-order valence-electron chi connectivity index (χ1n) is 25.5. The van der Waals surface area contributed by atoms with Gasteiger partial charge in [-0.1, -0.05) is 90.8 Å². The maximum absolute atomic E-state index is 14.8. The third-order valence-corrected chi connectivity index (χ3v) is 13.6. The van der Waals surface area contributed by atoms with E-state index in [1.165, 1.54) is 14.2 Å². The number of hydrogen-bond donors (Lipinski definition) is 4. The molecule has 6 unspecified atom stereocenters. The van der Waals surface area contributed by atoms with Crippen LogP contribution in [0.4, 0.5) is 15.3 Å². The average Bonchev–Trinajstić information content (AvgIpc) is 3.46. The number of carbonyl (C=O) groups is 2. The highest BCUT2D eigenvalue weighted by molar-refractivity contribution is 6.03. The number of rotatable bonds is 29. The number of amides is 2. The minimum Gasteiger partial charge on any atom is -0.497 e. The van der Waals surface area contributed by atoms with Crippen LogP contribution in [0.5, 0.6) is 23.0 Å². The number of aliphatic hydroxyl groups excluding tert-OH is 3. The van der Waals surface area contributed by atoms with Crippen LogP contribution in [0.3, 0.4) is 0 Å². The first kappa shape index (κ1) is 55.3. The zero-order chi connectivity index (χ0) is 52.1. The van der Waals surface area contributed by atoms with Gasteiger partial charge in [0.15, 0.2) is 0 Å². The molecule has 1 fully saturated rings. The number of oxime groups is 1. The van der Waals surface area contributed by atoms with E-state index in [2.05, 4.69) is 18.0 Å². The lowest BCUT2D eigenvalue weighted by Crippen LogP contribution is -2.70. The van der Waals surface area contributed by atoms with E-state index in [4.69, 9.17) is 47.9 Å². The monoisotopic (exact) mass is 1020 g/mol. The van der Waals surface area contributed by atoms with Gasteiger partial charge in [-0.2, -0.15) is 0 Å². The fourth-order valence-corrected chi connectivity index (χ4v) is 10.4. The first-order valence-corrected chi connectivity index (χ1v) is 25.5. The highest BCUT2D eigenvalue weighted by Gasteiger charge is 2.65. The summed E-state index contributed by atoms with van der Waals surface area (Å²) in [5.74, 6) is -1.27. The highest BCUT2D eigenvalue weighted by atomic mass is 16.7. The molecule has 17 heteroatoms. The van der Waals surface area contributed by atoms with Crippen LogP contribution in [-0.4, -0.2) is 124 Å². The molecule has 4 aromatic carbocycles. The van der Waals surface area contributed by atoms with Gasteiger partial charge in [0.1, 0.15) is 42.3 Å². The van der Waals surface area contributed by atoms with Crippen molar-refractivity contribution in [1.29, 1.82) is 0 Å². The summed E-state index contributed by atoms with van der Waals surface area (Å²) in [5.41, 5.74) is 4.40. The molecule has 4 N–H and O–H groups in total. The molecular formula is C57H71N3O14. The molecule has 1 aliphatic heterocycles. The molecule has 7 rings (SSSR count). The number of carbonyl (C=O) groups excluding carboxylic acids is 2. The summed E-state index contributed by atoms with van der Waals surface area (Å²) in [6.07, 6.45) is 6.57. The number of nitrogens with one attached hydrogen (secondary N) is 1. The Balaban J connectivity index is 1.35. The summed E-state index contributed by atoms with van der Waals surface area (Å²) >= 11 is 0. The SMILES string of the molecule is C=CCOC12Oc3ccc(OC(=O)Nc4ccc(OC)cc4OC)cc3C3C(CCCCO)C(CCCCO)C=C(C(=NOCc4ccccc4)CC1N(CCOCCO)C(=O)OCCOCc1ccccc1)C32. The second-order valence-corrected chi connectivity index (χ2v) is 18.3. The van der Waals surface area contributed by atoms with Gasteiger partial charge in [0.05, 0.1) is 71.2 Å². The van der Waals surface area contributed by atoms with Gasteiger partial charge in [-0.15, -0.1) is 6.58 Å². The van der Waals surface area contributed by atoms with Crippen LogP contribution in [0.15, 0.2) is 127 Å². The smallest absolute Gasteiger partial charge is 0.417 e. The molecule has 0 bridgehead atoms. The van der Waals surface area contributed by atoms with Gasteiger partial charge in [-0.25, -0.2) is 9.59 Å². The highest BCUT2D eigenvalue weighted by Crippen LogP contribution is 2.62. The molecule has 4 aromatic rings. The Labute approximate surface area is 433 Å². The summed E-state index contributed by atoms with van der Waals surface area (Å²) in [7, 11) is 3.03. The number of unbranched alkanes of at least 4 members (excludes halogenated alkanes) is 2. The predicted octanol–water partition coefficient (Wildman–Crippen LogP) is 8.81. The molecule has 74 heavy (non-hydrogen) atoms. The second-order valence-electron chi connectivity index (χ2n) is 18.3. The van der Waals surface area contributed by atoms with Crippen LogP contribution in [0.25, 0.3) is 0 Å². The molecule has 3 aliphatic rings. The molecule has 0 spiro atoms. The summed E-state index contributed by atoms with van der Waals surface area (Å²) in [6, 6.07) is 28.7. The molecule has 1 heterocycles. The Morgan fingerprint density at radius 1 is 0.811 bits per heavy atom. The molecule has 6 atom stereocenters. The minimum atomic E-state index is -1.62. The van der Waals surface area contributed by atoms with Gasteiger partial charge >= 0.3 is 12.2 Å². The molecule has 17 nitrogen and oxygen atoms in total. The number of anilines is 1. The Bertz CT molecular complexity index is 2470. The lowest BCUT2D eigenvalue weighted by molar-refractivity contribution is -0.256. The number of ether oxygens (including phenoxy) is 8. The van der Waals surface area contributed by atoms with Crippen molar-refractivity contribution < 1.29 is 67.6 Å². The Hall–Kier alpha value is -6.47. The molecular weight excluding hydrogens is 951 g/mol. The number of hydrogen-bond acceptors (Lipinski definition) is 15. The van der Waals surface area contributed by atoms with E-state index in [-0.39, 0.29) is 90.0 Å². The van der Waals surface area contributed by atoms with Gasteiger partial charge in [0.25, 0.3) is 0 Å². The molecule has 0 aromatic heterocycles. The van der Waals surface area contributed by atoms with E-state index in [0.29, 0.717) is 60.9 Å². The quantitative estimate of drug-likeness (QED) is 0.0228. The zero-order valence-corrected chi connectivity index (χ0v) is 42.4. The number of fused-ring (bicyclic) bond motifs is 2. The van der Waals surface area contributed by atoms with Crippen molar-refractivity contribution in [2.45, 2.75) is 75.9 Å². The van der Waals surface area contributed by atoms with Crippen LogP contribution >= 0.6 is 0 Å². The van der Waals surface area contributed by atoms with Crippen molar-refractivity contribution in [3.63, 3.8) is 0 Å². The Morgan fingerprint density at radius 3 is 2.24 bits per heavy atom. The van der Waals surface area contributed by atoms with Crippen LogP contribution in [0, 0.1) is 17.8 Å². The zero-order valence-electron chi connectivity index (χ0n) is 42.4. The van der Waals surface area contributed by atoms with Crippen molar-refractivity contribution in [2.24, 2.45) is 22.9 Å². The minimum absolute atomic E-state index is 0.0135. The average molecular weight is 1020 g/mol. The van der Waals surface area contributed by atoms with Crippen molar-refractivity contribution >= 4 is 23.6 Å². The normalized spacial score (nSPS) is 21.0. The van der Waals surface area contributed by atoms with Crippen molar-refractivity contribution in [2.75, 3.05) is 78.9 Å². The first-order chi connectivity index (χ1) is 36.3. The van der Waals surface area contributed by atoms with E-state index in [9.17, 15) is 24.9 Å². The van der Waals surface area contributed by atoms with Crippen LogP contribution in [0.2, 0.25) is 0 Å². The Morgan fingerprint density at radius 2 is 1.54 bits per heavy atom. The molecule has 0 radical (unpaired) electrons. The van der Waals surface area contributed by atoms with Gasteiger partial charge in [-0.05, 0) is 84.6 Å². The van der Waals surface area contributed by atoms with Crippen molar-refractivity contribution in [1.82, 2.24) is 4.90 Å². The van der Waals surface area contributed by atoms with Crippen molar-refractivity contribution in [3.8, 4) is 23.0 Å². The van der Waals surface area contributed by atoms with Gasteiger partial charge in [0, 0.05) is 43.7 Å². The predicted molar refractivity (Wildman–Crippen MR) is 277 cm³/mol. The third-order valence-electron chi connectivity index (χ3n) is 13.6. The maximum atomic E-state index is 14.8. The summed E-state index contributed by atoms with van der Waals surface area (Å²) in [5, 5.41) is 37.5. The summed E-state index contributed by atoms with van der Waals surface area (Å²) in [6.45, 7) is 4.58. The van der Waals surface area contributed by atoms with Gasteiger partial charge in [-0.3, -0.25) is 10.2 Å². The topological polar surface area (TPSA) is 206 Å². The fraction of sp³-hybridized carbons (Fsp3) is 0.456. The standard InChI is InChI=1S/C57H71N3O14/c1-4-29-71-57-52(60(25-30-68-31-28-63)56(65)70-33-32-69-38-40-15-7-5-8-16-40)37-49(59-72-39-41-17-9-6-10-18-41)46-34-42(19-11-13-26-61)45(20-12-14-27-62)53(54(46)57)47-35-44(22-24-50(47)74-57)73-55(64)58-48-23-21-43(66-2)36-51(48)67-3/h4-10,15-18,21-24,34-36,42,45,52-54,61-63H,1,11-14,19-20,25-33,37-39H2,2-3H3,(H,58,64). The van der Waals surface area contributed by atoms with Gasteiger partial charge < -0.3 is 58.1 Å². The largest absolute Gasteiger partial charge is 0.497 e. The van der Waals surface area contributed by atoms with Crippen LogP contribution in [-0.2, 0) is 37.0 Å². The van der Waals surface area contributed by atoms with E-state index >= 15 is 0 Å². The van der Waals surface area contributed by atoms with Crippen LogP contribution in [0.1, 0.15) is 67.6 Å². The molecule has 1 saturated carbocycles. The summed E-state index contributed by atoms with van der Waals surface area (Å²) < 4.78 is 49.1. The lowest BCUT2D eigenvalue weighted by Gasteiger charge is -2.59. The Kier molecular flexibility index (Phi) is 21.1. The van der Waals surface area contributed by atoms with E-state index < -0.39 is 35.9 Å². The number of aliphatic hydroxyl groups is 3. The number of allylic oxidation sites excluding steroid dienone is 1. The number of benzene rings is 4.